The maximum atomic E-state index is 12.6. The predicted octanol–water partition coefficient (Wildman–Crippen LogP) is 4.86. The van der Waals surface area contributed by atoms with Crippen LogP contribution in [0.3, 0.4) is 0 Å². The minimum Gasteiger partial charge on any atom is -0.321 e. The van der Waals surface area contributed by atoms with Gasteiger partial charge in [-0.15, -0.1) is 0 Å². The molecule has 0 spiro atoms. The Kier molecular flexibility index (Phi) is 4.02. The predicted molar refractivity (Wildman–Crippen MR) is 91.7 cm³/mol. The highest BCUT2D eigenvalue weighted by molar-refractivity contribution is 6.05. The molecule has 1 aliphatic rings. The van der Waals surface area contributed by atoms with Crippen molar-refractivity contribution >= 4 is 11.6 Å². The van der Waals surface area contributed by atoms with E-state index in [2.05, 4.69) is 43.4 Å². The second-order valence-corrected chi connectivity index (χ2v) is 6.49. The van der Waals surface area contributed by atoms with E-state index in [4.69, 9.17) is 0 Å². The summed E-state index contributed by atoms with van der Waals surface area (Å²) in [5, 5.41) is 3.13. The zero-order valence-corrected chi connectivity index (χ0v) is 13.6. The summed E-state index contributed by atoms with van der Waals surface area (Å²) in [6, 6.07) is 12.3. The molecule has 0 unspecified atom stereocenters. The lowest BCUT2D eigenvalue weighted by atomic mass is 9.98. The van der Waals surface area contributed by atoms with Gasteiger partial charge in [-0.3, -0.25) is 4.79 Å². The standard InChI is InChI=1S/C20H23NO/c1-13(2)18-9-4-6-14(3)19(18)21-20(22)17-11-10-15-7-5-8-16(15)12-17/h4,6,9-13H,5,7-8H2,1-3H3,(H,21,22). The first-order valence-electron chi connectivity index (χ1n) is 8.09. The molecule has 3 rings (SSSR count). The van der Waals surface area contributed by atoms with Gasteiger partial charge in [0.1, 0.15) is 0 Å². The minimum atomic E-state index is -0.00843. The van der Waals surface area contributed by atoms with E-state index >= 15 is 0 Å². The van der Waals surface area contributed by atoms with E-state index in [1.165, 1.54) is 23.1 Å². The van der Waals surface area contributed by atoms with Crippen LogP contribution < -0.4 is 5.32 Å². The third-order valence-corrected chi connectivity index (χ3v) is 4.53. The van der Waals surface area contributed by atoms with Gasteiger partial charge >= 0.3 is 0 Å². The molecule has 0 aromatic heterocycles. The molecule has 2 heteroatoms. The first kappa shape index (κ1) is 14.8. The van der Waals surface area contributed by atoms with Crippen molar-refractivity contribution in [1.29, 1.82) is 0 Å². The Hall–Kier alpha value is -2.09. The third kappa shape index (κ3) is 2.78. The van der Waals surface area contributed by atoms with E-state index in [1.807, 2.05) is 19.1 Å². The lowest BCUT2D eigenvalue weighted by molar-refractivity contribution is 0.102. The number of para-hydroxylation sites is 1. The average molecular weight is 293 g/mol. The molecule has 2 aromatic carbocycles. The highest BCUT2D eigenvalue weighted by Gasteiger charge is 2.16. The quantitative estimate of drug-likeness (QED) is 0.860. The lowest BCUT2D eigenvalue weighted by Gasteiger charge is -2.16. The van der Waals surface area contributed by atoms with Gasteiger partial charge in [-0.2, -0.15) is 0 Å². The van der Waals surface area contributed by atoms with E-state index in [-0.39, 0.29) is 5.91 Å². The lowest BCUT2D eigenvalue weighted by Crippen LogP contribution is -2.15. The Labute approximate surface area is 132 Å². The van der Waals surface area contributed by atoms with Crippen LogP contribution in [0.4, 0.5) is 5.69 Å². The molecule has 1 N–H and O–H groups in total. The number of nitrogens with one attached hydrogen (secondary N) is 1. The molecular formula is C20H23NO. The molecule has 0 atom stereocenters. The summed E-state index contributed by atoms with van der Waals surface area (Å²) in [5.74, 6) is 0.376. The molecule has 0 radical (unpaired) electrons. The van der Waals surface area contributed by atoms with Gasteiger partial charge in [0.25, 0.3) is 5.91 Å². The summed E-state index contributed by atoms with van der Waals surface area (Å²) in [6.45, 7) is 6.35. The molecule has 2 nitrogen and oxygen atoms in total. The summed E-state index contributed by atoms with van der Waals surface area (Å²) >= 11 is 0. The van der Waals surface area contributed by atoms with Crippen molar-refractivity contribution in [2.75, 3.05) is 5.32 Å². The Morgan fingerprint density at radius 3 is 2.64 bits per heavy atom. The minimum absolute atomic E-state index is 0.00843. The van der Waals surface area contributed by atoms with Crippen molar-refractivity contribution in [1.82, 2.24) is 0 Å². The fraction of sp³-hybridized carbons (Fsp3) is 0.350. The van der Waals surface area contributed by atoms with Gasteiger partial charge in [0.05, 0.1) is 0 Å². The molecular weight excluding hydrogens is 270 g/mol. The Morgan fingerprint density at radius 2 is 1.86 bits per heavy atom. The SMILES string of the molecule is Cc1cccc(C(C)C)c1NC(=O)c1ccc2c(c1)CCC2. The number of aryl methyl sites for hydroxylation is 3. The highest BCUT2D eigenvalue weighted by atomic mass is 16.1. The summed E-state index contributed by atoms with van der Waals surface area (Å²) < 4.78 is 0. The number of amides is 1. The smallest absolute Gasteiger partial charge is 0.255 e. The van der Waals surface area contributed by atoms with Crippen LogP contribution in [0, 0.1) is 6.92 Å². The van der Waals surface area contributed by atoms with Gasteiger partial charge in [0, 0.05) is 11.3 Å². The first-order valence-corrected chi connectivity index (χ1v) is 8.09. The number of benzene rings is 2. The monoisotopic (exact) mass is 293 g/mol. The molecule has 0 saturated heterocycles. The van der Waals surface area contributed by atoms with Crippen molar-refractivity contribution in [3.8, 4) is 0 Å². The number of hydrogen-bond donors (Lipinski definition) is 1. The molecule has 1 amide bonds. The molecule has 22 heavy (non-hydrogen) atoms. The number of carbonyl (C=O) groups is 1. The molecule has 0 fully saturated rings. The zero-order valence-electron chi connectivity index (χ0n) is 13.6. The van der Waals surface area contributed by atoms with Crippen LogP contribution in [0.15, 0.2) is 36.4 Å². The number of carbonyl (C=O) groups excluding carboxylic acids is 1. The van der Waals surface area contributed by atoms with Gasteiger partial charge in [-0.1, -0.05) is 38.1 Å². The van der Waals surface area contributed by atoms with Crippen LogP contribution in [0.1, 0.15) is 58.8 Å². The van der Waals surface area contributed by atoms with Gasteiger partial charge in [0.15, 0.2) is 0 Å². The fourth-order valence-corrected chi connectivity index (χ4v) is 3.24. The van der Waals surface area contributed by atoms with E-state index in [1.54, 1.807) is 0 Å². The summed E-state index contributed by atoms with van der Waals surface area (Å²) in [4.78, 5) is 12.6. The maximum absolute atomic E-state index is 12.6. The first-order chi connectivity index (χ1) is 10.6. The second-order valence-electron chi connectivity index (χ2n) is 6.49. The average Bonchev–Trinajstić information content (AvgIpc) is 2.96. The van der Waals surface area contributed by atoms with Crippen LogP contribution >= 0.6 is 0 Å². The maximum Gasteiger partial charge on any atom is 0.255 e. The number of hydrogen-bond acceptors (Lipinski definition) is 1. The van der Waals surface area contributed by atoms with Crippen molar-refractivity contribution in [3.63, 3.8) is 0 Å². The molecule has 114 valence electrons. The molecule has 0 aliphatic heterocycles. The van der Waals surface area contributed by atoms with Gasteiger partial charge in [0.2, 0.25) is 0 Å². The Balaban J connectivity index is 1.89. The van der Waals surface area contributed by atoms with E-state index in [0.29, 0.717) is 5.92 Å². The van der Waals surface area contributed by atoms with Crippen molar-refractivity contribution in [2.45, 2.75) is 46.0 Å². The Bertz CT molecular complexity index is 716. The van der Waals surface area contributed by atoms with E-state index in [9.17, 15) is 4.79 Å². The van der Waals surface area contributed by atoms with Gasteiger partial charge < -0.3 is 5.32 Å². The molecule has 2 aromatic rings. The summed E-state index contributed by atoms with van der Waals surface area (Å²) in [6.07, 6.45) is 3.44. The largest absolute Gasteiger partial charge is 0.321 e. The van der Waals surface area contributed by atoms with E-state index in [0.717, 1.165) is 29.7 Å². The van der Waals surface area contributed by atoms with Gasteiger partial charge in [-0.25, -0.2) is 0 Å². The second kappa shape index (κ2) is 5.96. The molecule has 0 heterocycles. The fourth-order valence-electron chi connectivity index (χ4n) is 3.24. The van der Waals surface area contributed by atoms with Crippen LogP contribution in [0.5, 0.6) is 0 Å². The number of fused-ring (bicyclic) bond motifs is 1. The Morgan fingerprint density at radius 1 is 1.09 bits per heavy atom. The normalized spacial score (nSPS) is 13.3. The number of rotatable bonds is 3. The van der Waals surface area contributed by atoms with Crippen LogP contribution in [0.2, 0.25) is 0 Å². The van der Waals surface area contributed by atoms with E-state index < -0.39 is 0 Å². The van der Waals surface area contributed by atoms with Crippen LogP contribution in [-0.2, 0) is 12.8 Å². The van der Waals surface area contributed by atoms with Crippen molar-refractivity contribution < 1.29 is 4.79 Å². The topological polar surface area (TPSA) is 29.1 Å². The zero-order chi connectivity index (χ0) is 15.7. The third-order valence-electron chi connectivity index (χ3n) is 4.53. The summed E-state index contributed by atoms with van der Waals surface area (Å²) in [7, 11) is 0. The highest BCUT2D eigenvalue weighted by Crippen LogP contribution is 2.28. The van der Waals surface area contributed by atoms with Crippen molar-refractivity contribution in [3.05, 3.63) is 64.2 Å². The molecule has 1 aliphatic carbocycles. The van der Waals surface area contributed by atoms with Crippen LogP contribution in [0.25, 0.3) is 0 Å². The van der Waals surface area contributed by atoms with Crippen LogP contribution in [-0.4, -0.2) is 5.91 Å². The molecule has 0 bridgehead atoms. The number of anilines is 1. The summed E-state index contributed by atoms with van der Waals surface area (Å²) in [5.41, 5.74) is 6.76. The van der Waals surface area contributed by atoms with Gasteiger partial charge in [-0.05, 0) is 66.5 Å². The molecule has 0 saturated carbocycles. The van der Waals surface area contributed by atoms with Crippen molar-refractivity contribution in [2.24, 2.45) is 0 Å².